The van der Waals surface area contributed by atoms with Gasteiger partial charge in [0.05, 0.1) is 17.4 Å². The van der Waals surface area contributed by atoms with E-state index >= 15 is 0 Å². The Balaban J connectivity index is 1.76. The lowest BCUT2D eigenvalue weighted by atomic mass is 10.1. The van der Waals surface area contributed by atoms with Crippen LogP contribution in [0.2, 0.25) is 0 Å². The van der Waals surface area contributed by atoms with Gasteiger partial charge in [0.1, 0.15) is 0 Å². The molecule has 0 aliphatic heterocycles. The zero-order valence-electron chi connectivity index (χ0n) is 14.0. The molecule has 0 radical (unpaired) electrons. The average molecular weight is 332 g/mol. The molecule has 3 rings (SSSR count). The standard InChI is InChI=1S/C21H20N2O2/c1-17(18-11-5-2-6-12-18)22-25-21(24)23(19-13-7-3-8-14-19)20-15-9-4-10-16-20/h2-17,22H,1H3/t17-/m0/s1. The van der Waals surface area contributed by atoms with E-state index in [1.54, 1.807) is 0 Å². The highest BCUT2D eigenvalue weighted by atomic mass is 16.7. The molecule has 0 spiro atoms. The molecule has 25 heavy (non-hydrogen) atoms. The number of para-hydroxylation sites is 2. The van der Waals surface area contributed by atoms with Gasteiger partial charge >= 0.3 is 6.09 Å². The fourth-order valence-electron chi connectivity index (χ4n) is 2.51. The number of nitrogens with one attached hydrogen (secondary N) is 1. The summed E-state index contributed by atoms with van der Waals surface area (Å²) >= 11 is 0. The van der Waals surface area contributed by atoms with Crippen molar-refractivity contribution in [2.75, 3.05) is 4.90 Å². The Morgan fingerprint density at radius 3 is 1.72 bits per heavy atom. The van der Waals surface area contributed by atoms with E-state index in [1.807, 2.05) is 97.9 Å². The van der Waals surface area contributed by atoms with E-state index in [-0.39, 0.29) is 6.04 Å². The maximum absolute atomic E-state index is 12.7. The summed E-state index contributed by atoms with van der Waals surface area (Å²) in [6, 6.07) is 28.6. The van der Waals surface area contributed by atoms with Crippen LogP contribution in [-0.2, 0) is 4.84 Å². The van der Waals surface area contributed by atoms with E-state index in [0.29, 0.717) is 0 Å². The molecule has 0 heterocycles. The Hall–Kier alpha value is -3.11. The molecule has 1 amide bonds. The molecular weight excluding hydrogens is 312 g/mol. The molecule has 0 unspecified atom stereocenters. The predicted octanol–water partition coefficient (Wildman–Crippen LogP) is 5.23. The molecule has 3 aromatic carbocycles. The number of carbonyl (C=O) groups excluding carboxylic acids is 1. The lowest BCUT2D eigenvalue weighted by molar-refractivity contribution is 0.0798. The van der Waals surface area contributed by atoms with E-state index in [1.165, 1.54) is 4.90 Å². The van der Waals surface area contributed by atoms with Crippen molar-refractivity contribution in [2.24, 2.45) is 0 Å². The van der Waals surface area contributed by atoms with Crippen LogP contribution in [0.5, 0.6) is 0 Å². The van der Waals surface area contributed by atoms with E-state index in [9.17, 15) is 4.79 Å². The minimum atomic E-state index is -0.486. The second kappa shape index (κ2) is 8.13. The highest BCUT2D eigenvalue weighted by Gasteiger charge is 2.20. The Kier molecular flexibility index (Phi) is 5.44. The largest absolute Gasteiger partial charge is 0.437 e. The fraction of sp³-hybridized carbons (Fsp3) is 0.0952. The van der Waals surface area contributed by atoms with Crippen molar-refractivity contribution < 1.29 is 9.63 Å². The third kappa shape index (κ3) is 4.25. The maximum Gasteiger partial charge on any atom is 0.437 e. The lowest BCUT2D eigenvalue weighted by Gasteiger charge is -2.23. The van der Waals surface area contributed by atoms with Gasteiger partial charge in [-0.2, -0.15) is 0 Å². The van der Waals surface area contributed by atoms with Gasteiger partial charge in [-0.1, -0.05) is 66.7 Å². The molecule has 1 N–H and O–H groups in total. The van der Waals surface area contributed by atoms with Gasteiger partial charge in [-0.05, 0) is 36.8 Å². The van der Waals surface area contributed by atoms with Crippen LogP contribution in [0.3, 0.4) is 0 Å². The number of amides is 1. The van der Waals surface area contributed by atoms with Gasteiger partial charge in [-0.15, -0.1) is 5.48 Å². The van der Waals surface area contributed by atoms with Gasteiger partial charge in [0.2, 0.25) is 0 Å². The Morgan fingerprint density at radius 1 is 0.800 bits per heavy atom. The molecule has 0 saturated carbocycles. The van der Waals surface area contributed by atoms with Crippen LogP contribution < -0.4 is 10.4 Å². The van der Waals surface area contributed by atoms with Crippen molar-refractivity contribution in [3.63, 3.8) is 0 Å². The highest BCUT2D eigenvalue weighted by molar-refractivity contribution is 5.95. The van der Waals surface area contributed by atoms with Gasteiger partial charge < -0.3 is 4.84 Å². The van der Waals surface area contributed by atoms with Gasteiger partial charge in [0.15, 0.2) is 0 Å². The smallest absolute Gasteiger partial charge is 0.353 e. The van der Waals surface area contributed by atoms with Crippen LogP contribution in [-0.4, -0.2) is 6.09 Å². The number of hydrogen-bond acceptors (Lipinski definition) is 3. The normalized spacial score (nSPS) is 11.6. The van der Waals surface area contributed by atoms with Crippen molar-refractivity contribution in [2.45, 2.75) is 13.0 Å². The first kappa shape index (κ1) is 16.7. The van der Waals surface area contributed by atoms with E-state index in [4.69, 9.17) is 4.84 Å². The summed E-state index contributed by atoms with van der Waals surface area (Å²) in [6.07, 6.45) is -0.486. The number of nitrogens with zero attached hydrogens (tertiary/aromatic N) is 1. The zero-order chi connectivity index (χ0) is 17.5. The Labute approximate surface area is 147 Å². The number of hydrogen-bond donors (Lipinski definition) is 1. The number of anilines is 2. The van der Waals surface area contributed by atoms with Crippen LogP contribution >= 0.6 is 0 Å². The minimum Gasteiger partial charge on any atom is -0.353 e. The van der Waals surface area contributed by atoms with E-state index in [2.05, 4.69) is 5.48 Å². The molecule has 4 heteroatoms. The van der Waals surface area contributed by atoms with Crippen molar-refractivity contribution in [1.29, 1.82) is 0 Å². The second-order valence-corrected chi connectivity index (χ2v) is 5.62. The monoisotopic (exact) mass is 332 g/mol. The first-order chi connectivity index (χ1) is 12.3. The molecule has 0 aliphatic carbocycles. The van der Waals surface area contributed by atoms with Crippen molar-refractivity contribution in [1.82, 2.24) is 5.48 Å². The molecule has 4 nitrogen and oxygen atoms in total. The van der Waals surface area contributed by atoms with Crippen LogP contribution in [0.25, 0.3) is 0 Å². The topological polar surface area (TPSA) is 41.6 Å². The molecule has 3 aromatic rings. The summed E-state index contributed by atoms with van der Waals surface area (Å²) in [4.78, 5) is 19.6. The van der Waals surface area contributed by atoms with Crippen LogP contribution in [0.4, 0.5) is 16.2 Å². The summed E-state index contributed by atoms with van der Waals surface area (Å²) in [5.41, 5.74) is 5.36. The summed E-state index contributed by atoms with van der Waals surface area (Å²) in [5.74, 6) is 0. The molecule has 0 fully saturated rings. The third-order valence-corrected chi connectivity index (χ3v) is 3.83. The number of carbonyl (C=O) groups is 1. The van der Waals surface area contributed by atoms with Gasteiger partial charge in [0, 0.05) is 0 Å². The van der Waals surface area contributed by atoms with Crippen molar-refractivity contribution in [3.8, 4) is 0 Å². The number of rotatable bonds is 5. The molecule has 0 bridgehead atoms. The maximum atomic E-state index is 12.7. The summed E-state index contributed by atoms with van der Waals surface area (Å²) in [7, 11) is 0. The third-order valence-electron chi connectivity index (χ3n) is 3.83. The molecular formula is C21H20N2O2. The molecule has 1 atom stereocenters. The quantitative estimate of drug-likeness (QED) is 0.651. The van der Waals surface area contributed by atoms with Gasteiger partial charge in [-0.25, -0.2) is 9.69 Å². The SMILES string of the molecule is C[C@H](NOC(=O)N(c1ccccc1)c1ccccc1)c1ccccc1. The molecule has 0 aliphatic rings. The van der Waals surface area contributed by atoms with Crippen LogP contribution in [0.1, 0.15) is 18.5 Å². The molecule has 0 aromatic heterocycles. The Morgan fingerprint density at radius 2 is 1.24 bits per heavy atom. The molecule has 126 valence electrons. The predicted molar refractivity (Wildman–Crippen MR) is 99.5 cm³/mol. The minimum absolute atomic E-state index is 0.112. The Bertz CT molecular complexity index is 752. The fourth-order valence-corrected chi connectivity index (χ4v) is 2.51. The second-order valence-electron chi connectivity index (χ2n) is 5.62. The van der Waals surface area contributed by atoms with Crippen LogP contribution in [0.15, 0.2) is 91.0 Å². The highest BCUT2D eigenvalue weighted by Crippen LogP contribution is 2.25. The van der Waals surface area contributed by atoms with E-state index < -0.39 is 6.09 Å². The van der Waals surface area contributed by atoms with Gasteiger partial charge in [-0.3, -0.25) is 0 Å². The van der Waals surface area contributed by atoms with Crippen molar-refractivity contribution in [3.05, 3.63) is 96.6 Å². The van der Waals surface area contributed by atoms with E-state index in [0.717, 1.165) is 16.9 Å². The molecule has 0 saturated heterocycles. The van der Waals surface area contributed by atoms with Gasteiger partial charge in [0.25, 0.3) is 0 Å². The average Bonchev–Trinajstić information content (AvgIpc) is 2.69. The summed E-state index contributed by atoms with van der Waals surface area (Å²) in [5, 5.41) is 0. The van der Waals surface area contributed by atoms with Crippen LogP contribution in [0, 0.1) is 0 Å². The summed E-state index contributed by atoms with van der Waals surface area (Å²) < 4.78 is 0. The number of benzene rings is 3. The number of hydroxylamine groups is 1. The van der Waals surface area contributed by atoms with Crippen molar-refractivity contribution >= 4 is 17.5 Å². The first-order valence-electron chi connectivity index (χ1n) is 8.17. The first-order valence-corrected chi connectivity index (χ1v) is 8.17. The lowest BCUT2D eigenvalue weighted by Crippen LogP contribution is -2.33. The zero-order valence-corrected chi connectivity index (χ0v) is 14.0. The summed E-state index contributed by atoms with van der Waals surface area (Å²) in [6.45, 7) is 1.94.